The van der Waals surface area contributed by atoms with Crippen LogP contribution in [0.4, 0.5) is 21.6 Å². The number of ether oxygens (including phenoxy) is 2. The molecule has 2 heterocycles. The molecule has 0 radical (unpaired) electrons. The second-order valence-electron chi connectivity index (χ2n) is 9.00. The van der Waals surface area contributed by atoms with Crippen molar-refractivity contribution in [3.8, 4) is 11.5 Å². The van der Waals surface area contributed by atoms with E-state index in [1.807, 2.05) is 17.0 Å². The molecule has 3 aromatic rings. The number of nitrogens with two attached hydrogens (primary N) is 1. The van der Waals surface area contributed by atoms with Crippen LogP contribution in [0.5, 0.6) is 11.5 Å². The third-order valence-corrected chi connectivity index (χ3v) is 6.07. The van der Waals surface area contributed by atoms with Gasteiger partial charge in [-0.25, -0.2) is 9.38 Å². The molecule has 6 N–H and O–H groups in total. The van der Waals surface area contributed by atoms with Crippen LogP contribution in [0.3, 0.4) is 0 Å². The van der Waals surface area contributed by atoms with Crippen LogP contribution in [0, 0.1) is 5.82 Å². The Balaban J connectivity index is 1.59. The second-order valence-corrected chi connectivity index (χ2v) is 9.00. The molecule has 0 saturated heterocycles. The number of nitrogens with zero attached hydrogens (tertiary/aromatic N) is 3. The molecule has 1 aromatic heterocycles. The predicted molar refractivity (Wildman–Crippen MR) is 147 cm³/mol. The van der Waals surface area contributed by atoms with E-state index in [1.54, 1.807) is 25.3 Å². The molecule has 39 heavy (non-hydrogen) atoms. The van der Waals surface area contributed by atoms with Gasteiger partial charge < -0.3 is 35.8 Å². The fourth-order valence-electron chi connectivity index (χ4n) is 4.19. The number of fused-ring (bicyclic) bond motifs is 1. The topological polar surface area (TPSA) is 150 Å². The number of hydrogen-bond acceptors (Lipinski definition) is 8. The van der Waals surface area contributed by atoms with Gasteiger partial charge in [0.2, 0.25) is 5.91 Å². The summed E-state index contributed by atoms with van der Waals surface area (Å²) >= 11 is 0. The average Bonchev–Trinajstić information content (AvgIpc) is 3.35. The highest BCUT2D eigenvalue weighted by molar-refractivity contribution is 6.16. The second kappa shape index (κ2) is 13.6. The standard InChI is InChI=1S/C27H34FN7O4/c1-38-23-15-21-22(16-24(23)39-11-5-9-30-8-2-3-10-36)31-17-35(20-7-4-6-18(28)12-20)27(21)32-26-14-19(33-34-26)13-25(29)37/h4,6-7,12,14-16,30-31,36H,2-3,5,8-11,13,17H2,1H3,(H2,29,37)(H,33,34). The summed E-state index contributed by atoms with van der Waals surface area (Å²) in [6.07, 6.45) is 2.54. The largest absolute Gasteiger partial charge is 0.493 e. The lowest BCUT2D eigenvalue weighted by atomic mass is 10.1. The number of amides is 1. The number of aromatic nitrogens is 2. The van der Waals surface area contributed by atoms with Gasteiger partial charge in [-0.15, -0.1) is 0 Å². The normalized spacial score (nSPS) is 13.7. The van der Waals surface area contributed by atoms with Crippen molar-refractivity contribution in [2.75, 3.05) is 50.3 Å². The van der Waals surface area contributed by atoms with Gasteiger partial charge in [0.15, 0.2) is 17.3 Å². The van der Waals surface area contributed by atoms with E-state index < -0.39 is 5.91 Å². The van der Waals surface area contributed by atoms with Crippen molar-refractivity contribution in [3.05, 3.63) is 59.5 Å². The molecule has 2 aromatic carbocycles. The lowest BCUT2D eigenvalue weighted by molar-refractivity contribution is -0.117. The van der Waals surface area contributed by atoms with Crippen molar-refractivity contribution < 1.29 is 23.8 Å². The Bertz CT molecular complexity index is 1300. The Morgan fingerprint density at radius 1 is 1.21 bits per heavy atom. The van der Waals surface area contributed by atoms with Crippen molar-refractivity contribution in [1.82, 2.24) is 15.5 Å². The molecule has 4 rings (SSSR count). The molecule has 0 atom stereocenters. The Labute approximate surface area is 226 Å². The van der Waals surface area contributed by atoms with E-state index in [9.17, 15) is 9.18 Å². The zero-order valence-corrected chi connectivity index (χ0v) is 21.9. The van der Waals surface area contributed by atoms with Gasteiger partial charge in [-0.3, -0.25) is 9.89 Å². The molecule has 11 nitrogen and oxygen atoms in total. The third kappa shape index (κ3) is 7.45. The number of nitrogens with one attached hydrogen (secondary N) is 3. The molecule has 1 amide bonds. The average molecular weight is 540 g/mol. The first-order chi connectivity index (χ1) is 19.0. The number of aliphatic hydroxyl groups excluding tert-OH is 1. The maximum Gasteiger partial charge on any atom is 0.223 e. The van der Waals surface area contributed by atoms with Crippen molar-refractivity contribution in [2.24, 2.45) is 10.7 Å². The van der Waals surface area contributed by atoms with Gasteiger partial charge in [-0.2, -0.15) is 5.10 Å². The fraction of sp³-hybridized carbons (Fsp3) is 0.370. The van der Waals surface area contributed by atoms with Gasteiger partial charge >= 0.3 is 0 Å². The van der Waals surface area contributed by atoms with Crippen LogP contribution < -0.4 is 30.7 Å². The van der Waals surface area contributed by atoms with E-state index in [1.165, 1.54) is 12.1 Å². The van der Waals surface area contributed by atoms with Crippen LogP contribution in [0.2, 0.25) is 0 Å². The molecule has 0 fully saturated rings. The van der Waals surface area contributed by atoms with Crippen LogP contribution in [0.25, 0.3) is 0 Å². The highest BCUT2D eigenvalue weighted by Gasteiger charge is 2.27. The number of H-pyrrole nitrogens is 1. The Kier molecular flexibility index (Phi) is 9.70. The lowest BCUT2D eigenvalue weighted by Gasteiger charge is -2.33. The molecular weight excluding hydrogens is 505 g/mol. The summed E-state index contributed by atoms with van der Waals surface area (Å²) in [6, 6.07) is 11.6. The Hall–Kier alpha value is -4.16. The number of benzene rings is 2. The Morgan fingerprint density at radius 2 is 2.05 bits per heavy atom. The molecule has 208 valence electrons. The molecule has 0 spiro atoms. The first kappa shape index (κ1) is 27.9. The quantitative estimate of drug-likeness (QED) is 0.196. The maximum atomic E-state index is 14.1. The van der Waals surface area contributed by atoms with E-state index in [-0.39, 0.29) is 18.8 Å². The summed E-state index contributed by atoms with van der Waals surface area (Å²) in [4.78, 5) is 17.9. The number of aliphatic imine (C=N–C) groups is 1. The molecule has 1 aliphatic heterocycles. The van der Waals surface area contributed by atoms with Gasteiger partial charge in [0.05, 0.1) is 32.5 Å². The fourth-order valence-corrected chi connectivity index (χ4v) is 4.19. The number of primary amides is 1. The van der Waals surface area contributed by atoms with E-state index in [0.717, 1.165) is 38.0 Å². The number of hydrogen-bond donors (Lipinski definition) is 5. The summed E-state index contributed by atoms with van der Waals surface area (Å²) in [7, 11) is 1.57. The lowest BCUT2D eigenvalue weighted by Crippen LogP contribution is -2.40. The SMILES string of the molecule is COc1cc2c(cc1OCCCNCCCCO)NCN(c1cccc(F)c1)C2=Nc1cc(CC(N)=O)[nH]n1. The van der Waals surface area contributed by atoms with Gasteiger partial charge in [-0.05, 0) is 56.6 Å². The van der Waals surface area contributed by atoms with Gasteiger partial charge in [0.25, 0.3) is 0 Å². The minimum Gasteiger partial charge on any atom is -0.493 e. The Morgan fingerprint density at radius 3 is 2.82 bits per heavy atom. The molecule has 0 saturated carbocycles. The molecule has 0 aliphatic carbocycles. The van der Waals surface area contributed by atoms with Crippen LogP contribution in [0.1, 0.15) is 30.5 Å². The van der Waals surface area contributed by atoms with E-state index in [2.05, 4.69) is 20.8 Å². The first-order valence-electron chi connectivity index (χ1n) is 12.8. The van der Waals surface area contributed by atoms with Crippen molar-refractivity contribution >= 4 is 28.9 Å². The summed E-state index contributed by atoms with van der Waals surface area (Å²) in [6.45, 7) is 2.68. The van der Waals surface area contributed by atoms with E-state index in [4.69, 9.17) is 25.3 Å². The van der Waals surface area contributed by atoms with E-state index in [0.29, 0.717) is 53.4 Å². The number of carbonyl (C=O) groups excluding carboxylic acids is 1. The summed E-state index contributed by atoms with van der Waals surface area (Å²) < 4.78 is 25.8. The first-order valence-corrected chi connectivity index (χ1v) is 12.8. The van der Waals surface area contributed by atoms with Crippen LogP contribution >= 0.6 is 0 Å². The van der Waals surface area contributed by atoms with Gasteiger partial charge in [0, 0.05) is 35.7 Å². The molecule has 1 aliphatic rings. The monoisotopic (exact) mass is 539 g/mol. The van der Waals surface area contributed by atoms with Crippen molar-refractivity contribution in [3.63, 3.8) is 0 Å². The molecule has 0 unspecified atom stereocenters. The highest BCUT2D eigenvalue weighted by atomic mass is 19.1. The molecule has 0 bridgehead atoms. The number of anilines is 2. The summed E-state index contributed by atoms with van der Waals surface area (Å²) in [5, 5.41) is 22.5. The smallest absolute Gasteiger partial charge is 0.223 e. The van der Waals surface area contributed by atoms with Crippen LogP contribution in [0.15, 0.2) is 47.5 Å². The number of halogens is 1. The molecule has 12 heteroatoms. The minimum atomic E-state index is -0.485. The van der Waals surface area contributed by atoms with Crippen molar-refractivity contribution in [2.45, 2.75) is 25.7 Å². The van der Waals surface area contributed by atoms with Crippen molar-refractivity contribution in [1.29, 1.82) is 0 Å². The minimum absolute atomic E-state index is 0.0102. The molecular formula is C27H34FN7O4. The summed E-state index contributed by atoms with van der Waals surface area (Å²) in [5.41, 5.74) is 7.92. The predicted octanol–water partition coefficient (Wildman–Crippen LogP) is 2.68. The highest BCUT2D eigenvalue weighted by Crippen LogP contribution is 2.38. The number of aromatic amines is 1. The number of carbonyl (C=O) groups is 1. The zero-order valence-electron chi connectivity index (χ0n) is 21.9. The zero-order chi connectivity index (χ0) is 27.6. The van der Waals surface area contributed by atoms with Crippen LogP contribution in [-0.4, -0.2) is 67.1 Å². The maximum absolute atomic E-state index is 14.1. The number of rotatable bonds is 14. The number of amidine groups is 1. The van der Waals surface area contributed by atoms with E-state index >= 15 is 0 Å². The third-order valence-electron chi connectivity index (χ3n) is 6.07. The van der Waals surface area contributed by atoms with Gasteiger partial charge in [0.1, 0.15) is 11.7 Å². The van der Waals surface area contributed by atoms with Crippen LogP contribution in [-0.2, 0) is 11.2 Å². The number of aliphatic hydroxyl groups is 1. The number of methoxy groups -OCH3 is 1. The number of unbranched alkanes of at least 4 members (excludes halogenated alkanes) is 1. The van der Waals surface area contributed by atoms with Gasteiger partial charge in [-0.1, -0.05) is 6.07 Å². The summed E-state index contributed by atoms with van der Waals surface area (Å²) in [5.74, 6) is 1.12.